The molecule has 0 aromatic carbocycles. The third-order valence-corrected chi connectivity index (χ3v) is 2.65. The van der Waals surface area contributed by atoms with E-state index in [4.69, 9.17) is 5.11 Å². The summed E-state index contributed by atoms with van der Waals surface area (Å²) in [4.78, 5) is 10.8. The van der Waals surface area contributed by atoms with Crippen molar-refractivity contribution in [3.63, 3.8) is 0 Å². The van der Waals surface area contributed by atoms with Crippen molar-refractivity contribution in [3.8, 4) is 0 Å². The maximum absolute atomic E-state index is 10.8. The lowest BCUT2D eigenvalue weighted by molar-refractivity contribution is -0.134. The second-order valence-corrected chi connectivity index (χ2v) is 3.18. The molecule has 0 spiro atoms. The molecule has 0 saturated heterocycles. The Morgan fingerprint density at radius 3 is 1.42 bits per heavy atom. The minimum absolute atomic E-state index is 0.477. The van der Waals surface area contributed by atoms with Gasteiger partial charge in [0.25, 0.3) is 0 Å². The van der Waals surface area contributed by atoms with Crippen LogP contribution in [0, 0.1) is 29.6 Å². The molecular weight excluding hydrogens is 152 g/mol. The molecule has 0 heterocycles. The molecule has 1 N–H and O–H groups in total. The summed E-state index contributed by atoms with van der Waals surface area (Å²) in [6.45, 7) is 7.64. The van der Waals surface area contributed by atoms with E-state index in [0.29, 0.717) is 5.92 Å². The van der Waals surface area contributed by atoms with Gasteiger partial charge in [-0.3, -0.25) is 4.79 Å². The van der Waals surface area contributed by atoms with Crippen molar-refractivity contribution in [3.05, 3.63) is 29.6 Å². The molecule has 0 aromatic heterocycles. The van der Waals surface area contributed by atoms with Gasteiger partial charge in [-0.1, -0.05) is 27.7 Å². The van der Waals surface area contributed by atoms with Crippen LogP contribution in [0.15, 0.2) is 0 Å². The monoisotopic (exact) mass is 165 g/mol. The summed E-state index contributed by atoms with van der Waals surface area (Å²) in [5.41, 5.74) is 0. The zero-order chi connectivity index (χ0) is 9.46. The van der Waals surface area contributed by atoms with Crippen LogP contribution in [0.3, 0.4) is 0 Å². The molecule has 0 amide bonds. The van der Waals surface area contributed by atoms with Gasteiger partial charge in [0.1, 0.15) is 0 Å². The molecule has 0 bridgehead atoms. The van der Waals surface area contributed by atoms with Crippen molar-refractivity contribution in [1.29, 1.82) is 0 Å². The highest BCUT2D eigenvalue weighted by molar-refractivity contribution is 5.95. The van der Waals surface area contributed by atoms with Crippen LogP contribution in [0.1, 0.15) is 27.7 Å². The third-order valence-electron chi connectivity index (χ3n) is 2.65. The molecule has 1 aliphatic carbocycles. The average molecular weight is 165 g/mol. The highest BCUT2D eigenvalue weighted by Crippen LogP contribution is 2.51. The standard InChI is InChI=1S/C10H13O2/c1-5-6(2)8(4)9(7(5)3)10(11)12/h1-4H3,(H,11,12). The number of hydrogen-bond donors (Lipinski definition) is 1. The fraction of sp³-hybridized carbons (Fsp3) is 0.400. The quantitative estimate of drug-likeness (QED) is 0.645. The molecule has 12 heavy (non-hydrogen) atoms. The van der Waals surface area contributed by atoms with Crippen LogP contribution >= 0.6 is 0 Å². The smallest absolute Gasteiger partial charge is 0.312 e. The van der Waals surface area contributed by atoms with Crippen LogP contribution in [0.2, 0.25) is 0 Å². The van der Waals surface area contributed by atoms with Crippen LogP contribution in [0.4, 0.5) is 0 Å². The normalized spacial score (nSPS) is 25.3. The highest BCUT2D eigenvalue weighted by Gasteiger charge is 2.47. The molecule has 2 nitrogen and oxygen atoms in total. The van der Waals surface area contributed by atoms with E-state index in [0.717, 1.165) is 23.7 Å². The summed E-state index contributed by atoms with van der Waals surface area (Å²) in [6, 6.07) is 0. The summed E-state index contributed by atoms with van der Waals surface area (Å²) in [5.74, 6) is 3.66. The Hall–Kier alpha value is -0.530. The van der Waals surface area contributed by atoms with E-state index in [1.807, 2.05) is 27.7 Å². The van der Waals surface area contributed by atoms with Gasteiger partial charge in [0.2, 0.25) is 0 Å². The number of aliphatic carboxylic acids is 1. The van der Waals surface area contributed by atoms with Gasteiger partial charge in [-0.25, -0.2) is 0 Å². The van der Waals surface area contributed by atoms with Crippen LogP contribution < -0.4 is 0 Å². The first-order chi connectivity index (χ1) is 5.46. The molecule has 0 aliphatic heterocycles. The second-order valence-electron chi connectivity index (χ2n) is 3.18. The number of carbonyl (C=O) groups is 1. The fourth-order valence-electron chi connectivity index (χ4n) is 1.54. The minimum atomic E-state index is -0.818. The van der Waals surface area contributed by atoms with Gasteiger partial charge in [0, 0.05) is 0 Å². The van der Waals surface area contributed by atoms with Gasteiger partial charge in [-0.05, 0) is 23.7 Å². The van der Waals surface area contributed by atoms with Gasteiger partial charge in [-0.15, -0.1) is 0 Å². The van der Waals surface area contributed by atoms with Crippen molar-refractivity contribution >= 4 is 5.97 Å². The average Bonchev–Trinajstić information content (AvgIpc) is 2.16. The largest absolute Gasteiger partial charge is 0.481 e. The summed E-state index contributed by atoms with van der Waals surface area (Å²) in [5, 5.41) is 8.88. The molecule has 0 unspecified atom stereocenters. The molecule has 0 aromatic rings. The first kappa shape index (κ1) is 9.56. The van der Waals surface area contributed by atoms with Gasteiger partial charge >= 0.3 is 5.97 Å². The van der Waals surface area contributed by atoms with Crippen LogP contribution in [-0.4, -0.2) is 11.1 Å². The topological polar surface area (TPSA) is 37.3 Å². The lowest BCUT2D eigenvalue weighted by atomic mass is 9.90. The van der Waals surface area contributed by atoms with Gasteiger partial charge < -0.3 is 5.11 Å². The van der Waals surface area contributed by atoms with E-state index in [-0.39, 0.29) is 0 Å². The predicted molar refractivity (Wildman–Crippen MR) is 46.5 cm³/mol. The third kappa shape index (κ3) is 1.23. The van der Waals surface area contributed by atoms with E-state index < -0.39 is 5.97 Å². The molecule has 1 rings (SSSR count). The Labute approximate surface area is 74.0 Å². The molecule has 1 fully saturated rings. The Balaban J connectivity index is 2.83. The van der Waals surface area contributed by atoms with Crippen molar-refractivity contribution in [2.45, 2.75) is 27.7 Å². The lowest BCUT2D eigenvalue weighted by Crippen LogP contribution is -2.17. The van der Waals surface area contributed by atoms with E-state index in [1.54, 1.807) is 0 Å². The Morgan fingerprint density at radius 1 is 0.917 bits per heavy atom. The Morgan fingerprint density at radius 2 is 1.25 bits per heavy atom. The SMILES string of the molecule is C[C]1[C](C)[C](C)[C](C(=O)O)[C]1C. The first-order valence-electron chi connectivity index (χ1n) is 3.93. The van der Waals surface area contributed by atoms with Crippen molar-refractivity contribution < 1.29 is 9.90 Å². The maximum atomic E-state index is 10.8. The first-order valence-corrected chi connectivity index (χ1v) is 3.93. The highest BCUT2D eigenvalue weighted by atomic mass is 16.4. The molecular formula is C10H13O2. The number of hydrogen-bond acceptors (Lipinski definition) is 1. The zero-order valence-electron chi connectivity index (χ0n) is 7.86. The van der Waals surface area contributed by atoms with Crippen LogP contribution in [0.25, 0.3) is 0 Å². The number of rotatable bonds is 1. The van der Waals surface area contributed by atoms with E-state index >= 15 is 0 Å². The molecule has 5 radical (unpaired) electrons. The lowest BCUT2D eigenvalue weighted by Gasteiger charge is -2.13. The maximum Gasteiger partial charge on any atom is 0.312 e. The van der Waals surface area contributed by atoms with E-state index in [9.17, 15) is 4.79 Å². The van der Waals surface area contributed by atoms with Gasteiger partial charge in [0.05, 0.1) is 5.92 Å². The zero-order valence-corrected chi connectivity index (χ0v) is 7.86. The second kappa shape index (κ2) is 3.08. The molecule has 0 atom stereocenters. The molecule has 65 valence electrons. The Bertz CT molecular complexity index is 174. The van der Waals surface area contributed by atoms with Crippen molar-refractivity contribution in [2.75, 3.05) is 0 Å². The summed E-state index contributed by atoms with van der Waals surface area (Å²) in [7, 11) is 0. The minimum Gasteiger partial charge on any atom is -0.481 e. The van der Waals surface area contributed by atoms with Crippen LogP contribution in [-0.2, 0) is 4.79 Å². The number of carboxylic acid groups (broad SMARTS) is 1. The van der Waals surface area contributed by atoms with Gasteiger partial charge in [-0.2, -0.15) is 0 Å². The van der Waals surface area contributed by atoms with Crippen molar-refractivity contribution in [1.82, 2.24) is 0 Å². The van der Waals surface area contributed by atoms with Crippen LogP contribution in [0.5, 0.6) is 0 Å². The Kier molecular flexibility index (Phi) is 2.45. The van der Waals surface area contributed by atoms with E-state index in [1.165, 1.54) is 0 Å². The fourth-order valence-corrected chi connectivity index (χ4v) is 1.54. The number of carboxylic acids is 1. The summed E-state index contributed by atoms with van der Waals surface area (Å²) < 4.78 is 0. The summed E-state index contributed by atoms with van der Waals surface area (Å²) >= 11 is 0. The predicted octanol–water partition coefficient (Wildman–Crippen LogP) is 2.04. The van der Waals surface area contributed by atoms with Gasteiger partial charge in [0.15, 0.2) is 0 Å². The van der Waals surface area contributed by atoms with Crippen molar-refractivity contribution in [2.24, 2.45) is 0 Å². The molecule has 1 saturated carbocycles. The molecule has 1 aliphatic rings. The molecule has 2 heteroatoms. The van der Waals surface area contributed by atoms with E-state index in [2.05, 4.69) is 0 Å². The summed E-state index contributed by atoms with van der Waals surface area (Å²) in [6.07, 6.45) is 0.